The minimum Gasteiger partial charge on any atom is -0.333 e. The van der Waals surface area contributed by atoms with Gasteiger partial charge in [0.1, 0.15) is 0 Å². The van der Waals surface area contributed by atoms with E-state index >= 15 is 0 Å². The van der Waals surface area contributed by atoms with Crippen LogP contribution >= 0.6 is 22.6 Å². The number of benzene rings is 1. The van der Waals surface area contributed by atoms with Gasteiger partial charge < -0.3 is 4.98 Å². The lowest BCUT2D eigenvalue weighted by Gasteiger charge is -1.96. The minimum atomic E-state index is 0.924. The molecule has 2 nitrogen and oxygen atoms in total. The fourth-order valence-electron chi connectivity index (χ4n) is 1.18. The summed E-state index contributed by atoms with van der Waals surface area (Å²) in [5.41, 5.74) is 3.53. The van der Waals surface area contributed by atoms with Gasteiger partial charge in [0.05, 0.1) is 11.9 Å². The van der Waals surface area contributed by atoms with Crippen molar-refractivity contribution in [1.29, 1.82) is 0 Å². The van der Waals surface area contributed by atoms with Crippen LogP contribution in [0.15, 0.2) is 30.5 Å². The number of halogens is 1. The van der Waals surface area contributed by atoms with Crippen molar-refractivity contribution in [3.05, 3.63) is 39.9 Å². The lowest BCUT2D eigenvalue weighted by molar-refractivity contribution is 1.23. The molecule has 0 fully saturated rings. The van der Waals surface area contributed by atoms with E-state index in [0.29, 0.717) is 0 Å². The molecular weight excluding hydrogens is 275 g/mol. The molecule has 0 spiro atoms. The van der Waals surface area contributed by atoms with Crippen LogP contribution < -0.4 is 0 Å². The molecular formula is C10H9IN2. The smallest absolute Gasteiger partial charge is 0.169 e. The number of hydrogen-bond acceptors (Lipinski definition) is 1. The summed E-state index contributed by atoms with van der Waals surface area (Å²) < 4.78 is 0.924. The maximum absolute atomic E-state index is 4.15. The molecule has 0 saturated heterocycles. The van der Waals surface area contributed by atoms with E-state index in [4.69, 9.17) is 0 Å². The third kappa shape index (κ3) is 1.91. The monoisotopic (exact) mass is 284 g/mol. The van der Waals surface area contributed by atoms with Gasteiger partial charge in [-0.15, -0.1) is 0 Å². The van der Waals surface area contributed by atoms with Crippen LogP contribution in [0.3, 0.4) is 0 Å². The van der Waals surface area contributed by atoms with Gasteiger partial charge in [-0.1, -0.05) is 29.8 Å². The Morgan fingerprint density at radius 3 is 2.46 bits per heavy atom. The van der Waals surface area contributed by atoms with Gasteiger partial charge in [0.15, 0.2) is 3.83 Å². The molecule has 1 aromatic carbocycles. The molecule has 0 bridgehead atoms. The number of H-pyrrole nitrogens is 1. The quantitative estimate of drug-likeness (QED) is 0.801. The van der Waals surface area contributed by atoms with E-state index in [9.17, 15) is 0 Å². The van der Waals surface area contributed by atoms with Crippen molar-refractivity contribution < 1.29 is 0 Å². The molecule has 0 aliphatic rings. The fourth-order valence-corrected chi connectivity index (χ4v) is 1.61. The molecule has 3 heteroatoms. The van der Waals surface area contributed by atoms with Crippen LogP contribution in [0.2, 0.25) is 0 Å². The van der Waals surface area contributed by atoms with Crippen molar-refractivity contribution in [2.45, 2.75) is 6.92 Å². The molecule has 66 valence electrons. The molecule has 0 unspecified atom stereocenters. The minimum absolute atomic E-state index is 0.924. The molecule has 2 aromatic rings. The summed E-state index contributed by atoms with van der Waals surface area (Å²) in [7, 11) is 0. The van der Waals surface area contributed by atoms with E-state index in [1.54, 1.807) is 0 Å². The first-order chi connectivity index (χ1) is 6.25. The van der Waals surface area contributed by atoms with Crippen molar-refractivity contribution >= 4 is 22.6 Å². The Bertz CT molecular complexity index is 403. The lowest BCUT2D eigenvalue weighted by Crippen LogP contribution is -1.78. The second kappa shape index (κ2) is 3.49. The number of aromatic nitrogens is 2. The van der Waals surface area contributed by atoms with E-state index in [0.717, 1.165) is 9.53 Å². The number of nitrogens with zero attached hydrogens (tertiary/aromatic N) is 1. The van der Waals surface area contributed by atoms with Crippen molar-refractivity contribution in [2.24, 2.45) is 0 Å². The zero-order valence-electron chi connectivity index (χ0n) is 7.21. The van der Waals surface area contributed by atoms with Gasteiger partial charge in [0.2, 0.25) is 0 Å². The summed E-state index contributed by atoms with van der Waals surface area (Å²) in [6.07, 6.45) is 1.85. The molecule has 0 radical (unpaired) electrons. The Balaban J connectivity index is 2.41. The normalized spacial score (nSPS) is 10.3. The van der Waals surface area contributed by atoms with E-state index in [1.165, 1.54) is 11.1 Å². The van der Waals surface area contributed by atoms with Gasteiger partial charge in [-0.05, 0) is 35.1 Å². The van der Waals surface area contributed by atoms with Crippen LogP contribution in [-0.4, -0.2) is 9.97 Å². The van der Waals surface area contributed by atoms with Crippen molar-refractivity contribution in [3.8, 4) is 11.3 Å². The average molecular weight is 284 g/mol. The summed E-state index contributed by atoms with van der Waals surface area (Å²) >= 11 is 2.17. The van der Waals surface area contributed by atoms with E-state index in [-0.39, 0.29) is 0 Å². The number of rotatable bonds is 1. The molecule has 2 rings (SSSR count). The molecule has 0 saturated carbocycles. The highest BCUT2D eigenvalue weighted by atomic mass is 127. The third-order valence-corrected chi connectivity index (χ3v) is 2.46. The van der Waals surface area contributed by atoms with Crippen molar-refractivity contribution in [3.63, 3.8) is 0 Å². The van der Waals surface area contributed by atoms with E-state index in [1.807, 2.05) is 6.20 Å². The van der Waals surface area contributed by atoms with Crippen LogP contribution in [-0.2, 0) is 0 Å². The number of aromatic amines is 1. The molecule has 13 heavy (non-hydrogen) atoms. The maximum Gasteiger partial charge on any atom is 0.169 e. The maximum atomic E-state index is 4.15. The summed E-state index contributed by atoms with van der Waals surface area (Å²) in [6, 6.07) is 8.39. The standard InChI is InChI=1S/C10H9IN2/c1-7-2-4-8(5-3-7)9-6-12-10(11)13-9/h2-6H,1H3,(H,12,13). The van der Waals surface area contributed by atoms with Crippen LogP contribution in [0.1, 0.15) is 5.56 Å². The van der Waals surface area contributed by atoms with Crippen molar-refractivity contribution in [1.82, 2.24) is 9.97 Å². The topological polar surface area (TPSA) is 28.7 Å². The molecule has 0 aliphatic heterocycles. The number of hydrogen-bond donors (Lipinski definition) is 1. The zero-order chi connectivity index (χ0) is 9.26. The average Bonchev–Trinajstić information content (AvgIpc) is 2.53. The summed E-state index contributed by atoms with van der Waals surface area (Å²) in [5, 5.41) is 0. The SMILES string of the molecule is Cc1ccc(-c2cnc(I)[nH]2)cc1. The molecule has 1 heterocycles. The number of aryl methyl sites for hydroxylation is 1. The first kappa shape index (κ1) is 8.74. The molecule has 0 aliphatic carbocycles. The zero-order valence-corrected chi connectivity index (χ0v) is 9.37. The molecule has 0 amide bonds. The highest BCUT2D eigenvalue weighted by molar-refractivity contribution is 14.1. The molecule has 1 N–H and O–H groups in total. The summed E-state index contributed by atoms with van der Waals surface area (Å²) in [5.74, 6) is 0. The first-order valence-electron chi connectivity index (χ1n) is 4.03. The number of imidazole rings is 1. The van der Waals surface area contributed by atoms with Gasteiger partial charge in [-0.2, -0.15) is 0 Å². The molecule has 1 aromatic heterocycles. The highest BCUT2D eigenvalue weighted by Crippen LogP contribution is 2.17. The Morgan fingerprint density at radius 1 is 1.23 bits per heavy atom. The van der Waals surface area contributed by atoms with Gasteiger partial charge in [0, 0.05) is 0 Å². The summed E-state index contributed by atoms with van der Waals surface area (Å²) in [4.78, 5) is 7.33. The van der Waals surface area contributed by atoms with Gasteiger partial charge in [-0.3, -0.25) is 0 Å². The third-order valence-electron chi connectivity index (χ3n) is 1.91. The molecule has 0 atom stereocenters. The Kier molecular flexibility index (Phi) is 2.35. The Hall–Kier alpha value is -0.840. The van der Waals surface area contributed by atoms with Gasteiger partial charge in [0.25, 0.3) is 0 Å². The van der Waals surface area contributed by atoms with Crippen molar-refractivity contribution in [2.75, 3.05) is 0 Å². The van der Waals surface area contributed by atoms with Crippen LogP contribution in [0.5, 0.6) is 0 Å². The number of nitrogens with one attached hydrogen (secondary N) is 1. The second-order valence-corrected chi connectivity index (χ2v) is 3.98. The van der Waals surface area contributed by atoms with Gasteiger partial charge in [-0.25, -0.2) is 4.98 Å². The van der Waals surface area contributed by atoms with E-state index in [2.05, 4.69) is 63.7 Å². The summed E-state index contributed by atoms with van der Waals surface area (Å²) in [6.45, 7) is 2.08. The van der Waals surface area contributed by atoms with Crippen LogP contribution in [0.25, 0.3) is 11.3 Å². The lowest BCUT2D eigenvalue weighted by atomic mass is 10.1. The Morgan fingerprint density at radius 2 is 1.92 bits per heavy atom. The Labute approximate surface area is 90.5 Å². The predicted octanol–water partition coefficient (Wildman–Crippen LogP) is 2.99. The first-order valence-corrected chi connectivity index (χ1v) is 5.11. The fraction of sp³-hybridized carbons (Fsp3) is 0.100. The largest absolute Gasteiger partial charge is 0.333 e. The van der Waals surface area contributed by atoms with Crippen LogP contribution in [0.4, 0.5) is 0 Å². The highest BCUT2D eigenvalue weighted by Gasteiger charge is 1.99. The predicted molar refractivity (Wildman–Crippen MR) is 61.5 cm³/mol. The van der Waals surface area contributed by atoms with E-state index < -0.39 is 0 Å². The second-order valence-electron chi connectivity index (χ2n) is 2.95. The van der Waals surface area contributed by atoms with Crippen LogP contribution in [0, 0.1) is 10.8 Å². The van der Waals surface area contributed by atoms with Gasteiger partial charge >= 0.3 is 0 Å².